The number of H-pyrrole nitrogens is 1. The lowest BCUT2D eigenvalue weighted by Crippen LogP contribution is -2.12. The molecule has 8 heteroatoms. The number of esters is 1. The number of aromatic amines is 1. The highest BCUT2D eigenvalue weighted by Gasteiger charge is 2.29. The lowest BCUT2D eigenvalue weighted by Gasteiger charge is -2.11. The van der Waals surface area contributed by atoms with E-state index in [1.807, 2.05) is 42.5 Å². The molecule has 1 amide bonds. The maximum absolute atomic E-state index is 13.0. The summed E-state index contributed by atoms with van der Waals surface area (Å²) in [7, 11) is 1.64. The van der Waals surface area contributed by atoms with Crippen molar-refractivity contribution in [3.05, 3.63) is 76.1 Å². The molecule has 196 valence electrons. The van der Waals surface area contributed by atoms with E-state index in [9.17, 15) is 14.4 Å². The number of benzene rings is 2. The maximum Gasteiger partial charge on any atom is 0.306 e. The standard InChI is InChI=1S/C30H31N3O5/c1-3-38-28(35)14-12-21-26(32-25-5-4-6-27(34)29(21)25)16-23-22-15-19(9-13-24(22)33-30(23)36)31-17-18-7-10-20(37-2)11-8-18/h7-11,13,15-16,31-32H,3-6,12,14,17H2,1-2H3,(H,33,36)/b23-16-. The van der Waals surface area contributed by atoms with Crippen LogP contribution >= 0.6 is 0 Å². The third kappa shape index (κ3) is 5.20. The predicted octanol–water partition coefficient (Wildman–Crippen LogP) is 5.14. The van der Waals surface area contributed by atoms with Crippen molar-refractivity contribution in [3.63, 3.8) is 0 Å². The van der Waals surface area contributed by atoms with Crippen molar-refractivity contribution in [1.29, 1.82) is 0 Å². The van der Waals surface area contributed by atoms with E-state index in [1.54, 1.807) is 20.1 Å². The molecule has 2 heterocycles. The molecule has 1 aliphatic heterocycles. The topological polar surface area (TPSA) is 110 Å². The Balaban J connectivity index is 1.44. The van der Waals surface area contributed by atoms with Gasteiger partial charge in [-0.05, 0) is 73.7 Å². The van der Waals surface area contributed by atoms with Crippen molar-refractivity contribution in [1.82, 2.24) is 4.98 Å². The van der Waals surface area contributed by atoms with Gasteiger partial charge in [-0.15, -0.1) is 0 Å². The zero-order chi connectivity index (χ0) is 26.6. The van der Waals surface area contributed by atoms with E-state index in [4.69, 9.17) is 9.47 Å². The normalized spacial score (nSPS) is 15.2. The molecule has 5 rings (SSSR count). The minimum Gasteiger partial charge on any atom is -0.497 e. The molecule has 0 spiro atoms. The number of fused-ring (bicyclic) bond motifs is 2. The molecule has 1 aromatic heterocycles. The van der Waals surface area contributed by atoms with E-state index in [2.05, 4.69) is 15.6 Å². The predicted molar refractivity (Wildman–Crippen MR) is 146 cm³/mol. The number of aryl methyl sites for hydroxylation is 1. The minimum absolute atomic E-state index is 0.0762. The van der Waals surface area contributed by atoms with Gasteiger partial charge in [-0.2, -0.15) is 0 Å². The molecule has 1 aliphatic carbocycles. The summed E-state index contributed by atoms with van der Waals surface area (Å²) < 4.78 is 10.3. The largest absolute Gasteiger partial charge is 0.497 e. The van der Waals surface area contributed by atoms with Gasteiger partial charge in [0.15, 0.2) is 5.78 Å². The van der Waals surface area contributed by atoms with Crippen LogP contribution in [0.5, 0.6) is 5.75 Å². The van der Waals surface area contributed by atoms with Crippen LogP contribution in [0.15, 0.2) is 42.5 Å². The van der Waals surface area contributed by atoms with Crippen LogP contribution in [0.25, 0.3) is 11.6 Å². The van der Waals surface area contributed by atoms with Crippen molar-refractivity contribution in [2.24, 2.45) is 0 Å². The van der Waals surface area contributed by atoms with E-state index in [-0.39, 0.29) is 24.1 Å². The average Bonchev–Trinajstić information content (AvgIpc) is 3.43. The fourth-order valence-corrected chi connectivity index (χ4v) is 5.07. The van der Waals surface area contributed by atoms with Crippen LogP contribution in [0.2, 0.25) is 0 Å². The molecule has 0 saturated heterocycles. The number of Topliss-reactive ketones (excluding diaryl/α,β-unsaturated/α-hetero) is 1. The quantitative estimate of drug-likeness (QED) is 0.270. The molecule has 8 nitrogen and oxygen atoms in total. The molecule has 0 fully saturated rings. The summed E-state index contributed by atoms with van der Waals surface area (Å²) in [6.07, 6.45) is 4.38. The van der Waals surface area contributed by atoms with Gasteiger partial charge in [0, 0.05) is 53.3 Å². The molecule has 0 unspecified atom stereocenters. The average molecular weight is 514 g/mol. The summed E-state index contributed by atoms with van der Waals surface area (Å²) in [6.45, 7) is 2.70. The van der Waals surface area contributed by atoms with Gasteiger partial charge in [0.25, 0.3) is 5.91 Å². The molecular weight excluding hydrogens is 482 g/mol. The number of ether oxygens (including phenoxy) is 2. The maximum atomic E-state index is 13.0. The Morgan fingerprint density at radius 3 is 2.68 bits per heavy atom. The number of aromatic nitrogens is 1. The minimum atomic E-state index is -0.305. The Bertz CT molecular complexity index is 1420. The van der Waals surface area contributed by atoms with Gasteiger partial charge < -0.3 is 25.1 Å². The Kier molecular flexibility index (Phi) is 7.31. The monoisotopic (exact) mass is 513 g/mol. The van der Waals surface area contributed by atoms with Crippen molar-refractivity contribution in [3.8, 4) is 5.75 Å². The zero-order valence-electron chi connectivity index (χ0n) is 21.6. The van der Waals surface area contributed by atoms with Crippen LogP contribution in [0.4, 0.5) is 11.4 Å². The van der Waals surface area contributed by atoms with Gasteiger partial charge in [0.1, 0.15) is 5.75 Å². The molecular formula is C30H31N3O5. The third-order valence-electron chi connectivity index (χ3n) is 6.96. The van der Waals surface area contributed by atoms with Crippen LogP contribution in [0, 0.1) is 0 Å². The number of anilines is 2. The van der Waals surface area contributed by atoms with Gasteiger partial charge in [0.2, 0.25) is 0 Å². The molecule has 0 bridgehead atoms. The Hall–Kier alpha value is -4.33. The van der Waals surface area contributed by atoms with Crippen LogP contribution in [0.3, 0.4) is 0 Å². The molecule has 0 radical (unpaired) electrons. The number of hydrogen-bond acceptors (Lipinski definition) is 6. The van der Waals surface area contributed by atoms with Gasteiger partial charge >= 0.3 is 5.97 Å². The summed E-state index contributed by atoms with van der Waals surface area (Å²) in [5.41, 5.74) is 7.03. The van der Waals surface area contributed by atoms with E-state index < -0.39 is 0 Å². The highest BCUT2D eigenvalue weighted by Crippen LogP contribution is 2.37. The van der Waals surface area contributed by atoms with Gasteiger partial charge in [-0.1, -0.05) is 12.1 Å². The number of carbonyl (C=O) groups excluding carboxylic acids is 3. The van der Waals surface area contributed by atoms with Crippen molar-refractivity contribution in [2.75, 3.05) is 24.4 Å². The Morgan fingerprint density at radius 1 is 1.11 bits per heavy atom. The smallest absolute Gasteiger partial charge is 0.306 e. The number of rotatable bonds is 9. The fraction of sp³-hybridized carbons (Fsp3) is 0.300. The zero-order valence-corrected chi connectivity index (χ0v) is 21.6. The van der Waals surface area contributed by atoms with E-state index in [0.717, 1.165) is 52.4 Å². The summed E-state index contributed by atoms with van der Waals surface area (Å²) in [4.78, 5) is 41.3. The number of carbonyl (C=O) groups is 3. The van der Waals surface area contributed by atoms with Crippen molar-refractivity contribution >= 4 is 40.7 Å². The highest BCUT2D eigenvalue weighted by molar-refractivity contribution is 6.35. The SMILES string of the molecule is CCOC(=O)CCc1c(/C=C2\C(=O)Nc3ccc(NCc4ccc(OC)cc4)cc32)[nH]c2c1C(=O)CCC2. The number of hydrogen-bond donors (Lipinski definition) is 3. The van der Waals surface area contributed by atoms with E-state index >= 15 is 0 Å². The summed E-state index contributed by atoms with van der Waals surface area (Å²) in [5.74, 6) is 0.371. The third-order valence-corrected chi connectivity index (χ3v) is 6.96. The van der Waals surface area contributed by atoms with Crippen molar-refractivity contribution in [2.45, 2.75) is 45.6 Å². The first-order chi connectivity index (χ1) is 18.5. The molecule has 2 aromatic carbocycles. The highest BCUT2D eigenvalue weighted by atomic mass is 16.5. The molecule has 3 N–H and O–H groups in total. The van der Waals surface area contributed by atoms with Gasteiger partial charge in [-0.25, -0.2) is 0 Å². The lowest BCUT2D eigenvalue weighted by molar-refractivity contribution is -0.143. The molecule has 0 saturated carbocycles. The molecule has 0 atom stereocenters. The second kappa shape index (κ2) is 11.0. The summed E-state index contributed by atoms with van der Waals surface area (Å²) >= 11 is 0. The number of methoxy groups -OCH3 is 1. The summed E-state index contributed by atoms with van der Waals surface area (Å²) in [5, 5.41) is 6.35. The van der Waals surface area contributed by atoms with Crippen LogP contribution in [-0.4, -0.2) is 36.4 Å². The van der Waals surface area contributed by atoms with Gasteiger partial charge in [0.05, 0.1) is 19.3 Å². The first-order valence-electron chi connectivity index (χ1n) is 12.9. The second-order valence-corrected chi connectivity index (χ2v) is 9.43. The number of amides is 1. The lowest BCUT2D eigenvalue weighted by atomic mass is 9.91. The number of nitrogens with one attached hydrogen (secondary N) is 3. The molecule has 2 aliphatic rings. The first-order valence-corrected chi connectivity index (χ1v) is 12.9. The Morgan fingerprint density at radius 2 is 1.92 bits per heavy atom. The molecule has 38 heavy (non-hydrogen) atoms. The summed E-state index contributed by atoms with van der Waals surface area (Å²) in [6, 6.07) is 13.6. The van der Waals surface area contributed by atoms with E-state index in [1.165, 1.54) is 0 Å². The molecule has 3 aromatic rings. The van der Waals surface area contributed by atoms with Crippen molar-refractivity contribution < 1.29 is 23.9 Å². The number of ketones is 1. The van der Waals surface area contributed by atoms with E-state index in [0.29, 0.717) is 42.8 Å². The Labute approximate surface area is 221 Å². The van der Waals surface area contributed by atoms with Gasteiger partial charge in [-0.3, -0.25) is 14.4 Å². The van der Waals surface area contributed by atoms with Crippen LogP contribution < -0.4 is 15.4 Å². The fourth-order valence-electron chi connectivity index (χ4n) is 5.07. The first kappa shape index (κ1) is 25.3. The second-order valence-electron chi connectivity index (χ2n) is 9.43. The van der Waals surface area contributed by atoms with Crippen LogP contribution in [0.1, 0.15) is 64.6 Å². The van der Waals surface area contributed by atoms with Crippen LogP contribution in [-0.2, 0) is 33.7 Å².